The molecule has 136 valence electrons. The van der Waals surface area contributed by atoms with Crippen LogP contribution in [0.5, 0.6) is 5.75 Å². The predicted molar refractivity (Wildman–Crippen MR) is 99.2 cm³/mol. The van der Waals surface area contributed by atoms with E-state index in [9.17, 15) is 9.59 Å². The van der Waals surface area contributed by atoms with Gasteiger partial charge in [0.2, 0.25) is 11.8 Å². The lowest BCUT2D eigenvalue weighted by atomic mass is 9.86. The van der Waals surface area contributed by atoms with Gasteiger partial charge in [0, 0.05) is 25.6 Å². The Morgan fingerprint density at radius 1 is 1.46 bits per heavy atom. The van der Waals surface area contributed by atoms with Gasteiger partial charge < -0.3 is 4.74 Å². The molecule has 0 aromatic heterocycles. The second-order valence-corrected chi connectivity index (χ2v) is 7.04. The normalized spacial score (nSPS) is 19.6. The molecule has 1 aliphatic heterocycles. The molecule has 1 N–H and O–H groups in total. The lowest BCUT2D eigenvalue weighted by Gasteiger charge is -2.33. The van der Waals surface area contributed by atoms with E-state index < -0.39 is 17.2 Å². The lowest BCUT2D eigenvalue weighted by molar-refractivity contribution is -0.133. The number of rotatable bonds is 5. The summed E-state index contributed by atoms with van der Waals surface area (Å²) in [6.45, 7) is 4.23. The highest BCUT2D eigenvalue weighted by molar-refractivity contribution is 6.00. The summed E-state index contributed by atoms with van der Waals surface area (Å²) in [5.41, 5.74) is 1.24. The van der Waals surface area contributed by atoms with Crippen molar-refractivity contribution in [1.29, 1.82) is 0 Å². The molecule has 1 atom stereocenters. The van der Waals surface area contributed by atoms with E-state index in [-0.39, 0.29) is 5.54 Å². The molecule has 2 aliphatic rings. The van der Waals surface area contributed by atoms with E-state index in [1.54, 1.807) is 19.3 Å². The van der Waals surface area contributed by atoms with Gasteiger partial charge in [-0.05, 0) is 43.0 Å². The second kappa shape index (κ2) is 6.62. The second-order valence-electron chi connectivity index (χ2n) is 7.04. The van der Waals surface area contributed by atoms with Gasteiger partial charge in [-0.25, -0.2) is 0 Å². The van der Waals surface area contributed by atoms with Crippen molar-refractivity contribution in [1.82, 2.24) is 10.2 Å². The summed E-state index contributed by atoms with van der Waals surface area (Å²) in [7, 11) is 1.66. The first-order chi connectivity index (χ1) is 12.4. The first-order valence-electron chi connectivity index (χ1n) is 8.77. The van der Waals surface area contributed by atoms with E-state index in [2.05, 4.69) is 28.3 Å². The number of carbonyl (C=O) groups excluding carboxylic acids is 2. The van der Waals surface area contributed by atoms with Crippen LogP contribution in [-0.4, -0.2) is 30.4 Å². The SMILES string of the molecule is C#CC(C=CC)(CN1Cc2ccc(OC)cc2C12CC2)C(=O)NC(C)=O. The molecular formula is C21H24N2O3. The first kappa shape index (κ1) is 18.2. The van der Waals surface area contributed by atoms with Gasteiger partial charge in [0.15, 0.2) is 0 Å². The van der Waals surface area contributed by atoms with Crippen LogP contribution < -0.4 is 10.1 Å². The van der Waals surface area contributed by atoms with Gasteiger partial charge in [-0.2, -0.15) is 0 Å². The Balaban J connectivity index is 1.93. The molecule has 1 aliphatic carbocycles. The van der Waals surface area contributed by atoms with Crippen LogP contribution in [0.15, 0.2) is 30.4 Å². The quantitative estimate of drug-likeness (QED) is 0.653. The number of allylic oxidation sites excluding steroid dienone is 1. The molecule has 0 saturated heterocycles. The van der Waals surface area contributed by atoms with Crippen LogP contribution in [-0.2, 0) is 21.7 Å². The number of methoxy groups -OCH3 is 1. The summed E-state index contributed by atoms with van der Waals surface area (Å²) < 4.78 is 5.37. The molecule has 0 radical (unpaired) electrons. The van der Waals surface area contributed by atoms with Gasteiger partial charge >= 0.3 is 0 Å². The van der Waals surface area contributed by atoms with Crippen molar-refractivity contribution in [3.63, 3.8) is 0 Å². The average Bonchev–Trinajstić information content (AvgIpc) is 3.35. The van der Waals surface area contributed by atoms with E-state index in [4.69, 9.17) is 11.2 Å². The van der Waals surface area contributed by atoms with E-state index in [0.29, 0.717) is 6.54 Å². The van der Waals surface area contributed by atoms with Gasteiger partial charge in [0.25, 0.3) is 0 Å². The third-order valence-electron chi connectivity index (χ3n) is 5.35. The molecule has 5 nitrogen and oxygen atoms in total. The van der Waals surface area contributed by atoms with Gasteiger partial charge in [0.05, 0.1) is 7.11 Å². The van der Waals surface area contributed by atoms with Crippen LogP contribution in [0, 0.1) is 17.8 Å². The summed E-state index contributed by atoms with van der Waals surface area (Å²) in [6.07, 6.45) is 11.3. The Labute approximate surface area is 154 Å². The van der Waals surface area contributed by atoms with E-state index in [1.807, 2.05) is 13.0 Å². The highest BCUT2D eigenvalue weighted by Crippen LogP contribution is 2.57. The van der Waals surface area contributed by atoms with E-state index >= 15 is 0 Å². The number of hydrogen-bond acceptors (Lipinski definition) is 4. The van der Waals surface area contributed by atoms with Crippen molar-refractivity contribution in [2.75, 3.05) is 13.7 Å². The zero-order chi connectivity index (χ0) is 18.9. The van der Waals surface area contributed by atoms with Crippen LogP contribution in [0.2, 0.25) is 0 Å². The zero-order valence-corrected chi connectivity index (χ0v) is 15.5. The molecular weight excluding hydrogens is 328 g/mol. The van der Waals surface area contributed by atoms with E-state index in [0.717, 1.165) is 25.1 Å². The van der Waals surface area contributed by atoms with Crippen molar-refractivity contribution >= 4 is 11.8 Å². The van der Waals surface area contributed by atoms with Crippen molar-refractivity contribution in [3.05, 3.63) is 41.5 Å². The van der Waals surface area contributed by atoms with E-state index in [1.165, 1.54) is 18.1 Å². The molecule has 1 aromatic carbocycles. The molecule has 0 bridgehead atoms. The van der Waals surface area contributed by atoms with Crippen LogP contribution in [0.1, 0.15) is 37.8 Å². The molecule has 1 fully saturated rings. The van der Waals surface area contributed by atoms with Gasteiger partial charge in [-0.1, -0.05) is 24.1 Å². The van der Waals surface area contributed by atoms with Gasteiger partial charge in [-0.3, -0.25) is 19.8 Å². The maximum atomic E-state index is 12.7. The molecule has 3 rings (SSSR count). The minimum Gasteiger partial charge on any atom is -0.497 e. The Morgan fingerprint density at radius 3 is 2.73 bits per heavy atom. The predicted octanol–water partition coefficient (Wildman–Crippen LogP) is 2.36. The summed E-state index contributed by atoms with van der Waals surface area (Å²) >= 11 is 0. The summed E-state index contributed by atoms with van der Waals surface area (Å²) in [5.74, 6) is 2.63. The summed E-state index contributed by atoms with van der Waals surface area (Å²) in [5, 5.41) is 2.36. The fraction of sp³-hybridized carbons (Fsp3) is 0.429. The fourth-order valence-electron chi connectivity index (χ4n) is 3.91. The third kappa shape index (κ3) is 2.91. The minimum absolute atomic E-state index is 0.0793. The maximum absolute atomic E-state index is 12.7. The topological polar surface area (TPSA) is 58.6 Å². The van der Waals surface area contributed by atoms with Crippen molar-refractivity contribution in [2.45, 2.75) is 38.8 Å². The molecule has 1 heterocycles. The Bertz CT molecular complexity index is 817. The first-order valence-corrected chi connectivity index (χ1v) is 8.77. The summed E-state index contributed by atoms with van der Waals surface area (Å²) in [6, 6.07) is 6.13. The maximum Gasteiger partial charge on any atom is 0.250 e. The largest absolute Gasteiger partial charge is 0.497 e. The standard InChI is InChI=1S/C21H24N2O3/c1-5-9-20(6-2,19(25)22-15(3)24)14-23-13-16-7-8-17(26-4)12-18(16)21(23)10-11-21/h2,5,7-9,12H,10-11,13-14H2,1,3-4H3,(H,22,24,25). The zero-order valence-electron chi connectivity index (χ0n) is 15.5. The number of fused-ring (bicyclic) bond motifs is 2. The summed E-state index contributed by atoms with van der Waals surface area (Å²) in [4.78, 5) is 26.4. The minimum atomic E-state index is -1.18. The lowest BCUT2D eigenvalue weighted by Crippen LogP contribution is -2.48. The van der Waals surface area contributed by atoms with Crippen LogP contribution in [0.25, 0.3) is 0 Å². The number of carbonyl (C=O) groups is 2. The molecule has 1 unspecified atom stereocenters. The van der Waals surface area contributed by atoms with Gasteiger partial charge in [0.1, 0.15) is 11.2 Å². The Hall–Kier alpha value is -2.58. The van der Waals surface area contributed by atoms with Crippen molar-refractivity contribution in [3.8, 4) is 18.1 Å². The van der Waals surface area contributed by atoms with Crippen LogP contribution >= 0.6 is 0 Å². The number of ether oxygens (including phenoxy) is 1. The van der Waals surface area contributed by atoms with Crippen LogP contribution in [0.3, 0.4) is 0 Å². The van der Waals surface area contributed by atoms with Crippen LogP contribution in [0.4, 0.5) is 0 Å². The number of nitrogens with one attached hydrogen (secondary N) is 1. The van der Waals surface area contributed by atoms with Crippen molar-refractivity contribution in [2.24, 2.45) is 5.41 Å². The number of nitrogens with zero attached hydrogens (tertiary/aromatic N) is 1. The molecule has 1 spiro atoms. The fourth-order valence-corrected chi connectivity index (χ4v) is 3.91. The molecule has 1 aromatic rings. The monoisotopic (exact) mass is 352 g/mol. The molecule has 26 heavy (non-hydrogen) atoms. The van der Waals surface area contributed by atoms with Gasteiger partial charge in [-0.15, -0.1) is 6.42 Å². The Kier molecular flexibility index (Phi) is 4.64. The molecule has 2 amide bonds. The van der Waals surface area contributed by atoms with Crippen molar-refractivity contribution < 1.29 is 14.3 Å². The number of benzene rings is 1. The number of hydrogen-bond donors (Lipinski definition) is 1. The average molecular weight is 352 g/mol. The number of amides is 2. The highest BCUT2D eigenvalue weighted by atomic mass is 16.5. The third-order valence-corrected chi connectivity index (χ3v) is 5.35. The molecule has 5 heteroatoms. The number of imide groups is 1. The molecule has 1 saturated carbocycles. The highest BCUT2D eigenvalue weighted by Gasteiger charge is 2.56. The smallest absolute Gasteiger partial charge is 0.250 e. The number of terminal acetylenes is 1. The Morgan fingerprint density at radius 2 is 2.19 bits per heavy atom.